The van der Waals surface area contributed by atoms with E-state index in [9.17, 15) is 4.79 Å². The first-order valence-corrected chi connectivity index (χ1v) is 4.59. The zero-order chi connectivity index (χ0) is 8.18. The third-order valence-electron chi connectivity index (χ3n) is 3.21. The Labute approximate surface area is 71.3 Å². The number of fused-ring (bicyclic) bond motifs is 1. The maximum atomic E-state index is 11.8. The van der Waals surface area contributed by atoms with E-state index in [1.165, 1.54) is 0 Å². The van der Waals surface area contributed by atoms with Gasteiger partial charge in [-0.1, -0.05) is 0 Å². The highest BCUT2D eigenvalue weighted by molar-refractivity contribution is 5.92. The Bertz CT molecular complexity index is 236. The molecule has 0 bridgehead atoms. The second kappa shape index (κ2) is 2.00. The van der Waals surface area contributed by atoms with Gasteiger partial charge in [-0.15, -0.1) is 0 Å². The Balaban J connectivity index is 1.88. The molecule has 2 unspecified atom stereocenters. The van der Waals surface area contributed by atoms with Crippen molar-refractivity contribution in [3.05, 3.63) is 0 Å². The van der Waals surface area contributed by atoms with E-state index >= 15 is 0 Å². The summed E-state index contributed by atoms with van der Waals surface area (Å²) in [5, 5.41) is 6.52. The number of carbonyl (C=O) groups excluding carboxylic acids is 1. The molecule has 4 heteroatoms. The molecule has 0 aromatic carbocycles. The molecule has 66 valence electrons. The van der Waals surface area contributed by atoms with E-state index in [4.69, 9.17) is 0 Å². The molecule has 0 aromatic rings. The lowest BCUT2D eigenvalue weighted by molar-refractivity contribution is -0.131. The predicted octanol–water partition coefficient (Wildman–Crippen LogP) is -1.47. The fourth-order valence-corrected chi connectivity index (χ4v) is 2.38. The molecular formula is C8H13N3O. The van der Waals surface area contributed by atoms with Crippen molar-refractivity contribution in [3.63, 3.8) is 0 Å². The average molecular weight is 167 g/mol. The highest BCUT2D eigenvalue weighted by Crippen LogP contribution is 2.35. The summed E-state index contributed by atoms with van der Waals surface area (Å²) >= 11 is 0. The molecule has 4 nitrogen and oxygen atoms in total. The van der Waals surface area contributed by atoms with Crippen molar-refractivity contribution < 1.29 is 4.79 Å². The molecule has 12 heavy (non-hydrogen) atoms. The number of amides is 1. The van der Waals surface area contributed by atoms with Gasteiger partial charge in [-0.05, 0) is 6.42 Å². The first-order chi connectivity index (χ1) is 5.82. The second-order valence-corrected chi connectivity index (χ2v) is 4.00. The summed E-state index contributed by atoms with van der Waals surface area (Å²) in [5.41, 5.74) is -0.114. The van der Waals surface area contributed by atoms with Gasteiger partial charge in [-0.2, -0.15) is 0 Å². The lowest BCUT2D eigenvalue weighted by Gasteiger charge is -2.29. The van der Waals surface area contributed by atoms with Crippen LogP contribution in [-0.2, 0) is 4.79 Å². The molecule has 3 rings (SSSR count). The van der Waals surface area contributed by atoms with E-state index in [2.05, 4.69) is 10.6 Å². The fourth-order valence-electron chi connectivity index (χ4n) is 2.38. The Hall–Kier alpha value is -0.610. The first-order valence-electron chi connectivity index (χ1n) is 4.59. The third kappa shape index (κ3) is 0.716. The van der Waals surface area contributed by atoms with Crippen LogP contribution in [-0.4, -0.2) is 48.6 Å². The summed E-state index contributed by atoms with van der Waals surface area (Å²) < 4.78 is 0. The highest BCUT2D eigenvalue weighted by Gasteiger charge is 2.59. The summed E-state index contributed by atoms with van der Waals surface area (Å²) in [7, 11) is 0. The maximum absolute atomic E-state index is 11.8. The van der Waals surface area contributed by atoms with E-state index in [0.29, 0.717) is 11.9 Å². The van der Waals surface area contributed by atoms with Crippen molar-refractivity contribution in [2.75, 3.05) is 26.2 Å². The van der Waals surface area contributed by atoms with Crippen LogP contribution in [0.2, 0.25) is 0 Å². The number of hydrogen-bond acceptors (Lipinski definition) is 3. The number of carbonyl (C=O) groups is 1. The Morgan fingerprint density at radius 3 is 3.08 bits per heavy atom. The van der Waals surface area contributed by atoms with Gasteiger partial charge >= 0.3 is 0 Å². The number of nitrogens with zero attached hydrogens (tertiary/aromatic N) is 1. The Morgan fingerprint density at radius 1 is 1.58 bits per heavy atom. The summed E-state index contributed by atoms with van der Waals surface area (Å²) in [6, 6.07) is 0.459. The lowest BCUT2D eigenvalue weighted by Crippen LogP contribution is -2.49. The molecule has 0 aliphatic carbocycles. The molecule has 0 radical (unpaired) electrons. The van der Waals surface area contributed by atoms with Gasteiger partial charge in [0.15, 0.2) is 0 Å². The zero-order valence-electron chi connectivity index (χ0n) is 6.97. The zero-order valence-corrected chi connectivity index (χ0v) is 6.97. The van der Waals surface area contributed by atoms with Crippen molar-refractivity contribution in [1.82, 2.24) is 15.5 Å². The Morgan fingerprint density at radius 2 is 2.42 bits per heavy atom. The average Bonchev–Trinajstić information content (AvgIpc) is 2.79. The maximum Gasteiger partial charge on any atom is 0.244 e. The van der Waals surface area contributed by atoms with Crippen LogP contribution < -0.4 is 10.6 Å². The topological polar surface area (TPSA) is 54.3 Å². The molecule has 3 heterocycles. The predicted molar refractivity (Wildman–Crippen MR) is 43.7 cm³/mol. The number of piperazine rings is 1. The third-order valence-corrected chi connectivity index (χ3v) is 3.21. The van der Waals surface area contributed by atoms with Crippen LogP contribution in [0.25, 0.3) is 0 Å². The van der Waals surface area contributed by atoms with Crippen LogP contribution in [0.5, 0.6) is 0 Å². The highest BCUT2D eigenvalue weighted by atomic mass is 16.2. The van der Waals surface area contributed by atoms with Crippen LogP contribution in [0.3, 0.4) is 0 Å². The largest absolute Gasteiger partial charge is 0.335 e. The monoisotopic (exact) mass is 167 g/mol. The van der Waals surface area contributed by atoms with Crippen LogP contribution in [0.1, 0.15) is 6.42 Å². The summed E-state index contributed by atoms with van der Waals surface area (Å²) in [5.74, 6) is 0.342. The minimum Gasteiger partial charge on any atom is -0.335 e. The van der Waals surface area contributed by atoms with Crippen molar-refractivity contribution in [2.24, 2.45) is 0 Å². The van der Waals surface area contributed by atoms with Gasteiger partial charge in [0.2, 0.25) is 5.91 Å². The normalized spacial score (nSPS) is 45.2. The molecule has 3 fully saturated rings. The summed E-state index contributed by atoms with van der Waals surface area (Å²) in [6.45, 7) is 3.74. The molecule has 0 aromatic heterocycles. The van der Waals surface area contributed by atoms with E-state index in [-0.39, 0.29) is 5.54 Å². The van der Waals surface area contributed by atoms with Crippen LogP contribution >= 0.6 is 0 Å². The standard InChI is InChI=1S/C8H13N3O/c12-7-8(5-10-8)3-6-4-9-1-2-11(6)7/h6,9-10H,1-5H2. The van der Waals surface area contributed by atoms with E-state index < -0.39 is 0 Å². The van der Waals surface area contributed by atoms with Crippen LogP contribution in [0, 0.1) is 0 Å². The SMILES string of the molecule is O=C1N2CCNCC2CC12CN2. The number of nitrogens with one attached hydrogen (secondary N) is 2. The van der Waals surface area contributed by atoms with Crippen molar-refractivity contribution >= 4 is 5.91 Å². The van der Waals surface area contributed by atoms with Gasteiger partial charge in [0.25, 0.3) is 0 Å². The first kappa shape index (κ1) is 6.86. The van der Waals surface area contributed by atoms with E-state index in [1.54, 1.807) is 0 Å². The van der Waals surface area contributed by atoms with E-state index in [1.807, 2.05) is 4.90 Å². The summed E-state index contributed by atoms with van der Waals surface area (Å²) in [6.07, 6.45) is 1.01. The number of hydrogen-bond donors (Lipinski definition) is 2. The van der Waals surface area contributed by atoms with Crippen molar-refractivity contribution in [3.8, 4) is 0 Å². The van der Waals surface area contributed by atoms with E-state index in [0.717, 1.165) is 32.6 Å². The van der Waals surface area contributed by atoms with Gasteiger partial charge in [0.1, 0.15) is 5.54 Å². The van der Waals surface area contributed by atoms with Gasteiger partial charge in [-0.25, -0.2) is 0 Å². The van der Waals surface area contributed by atoms with Gasteiger partial charge in [0, 0.05) is 32.2 Å². The lowest BCUT2D eigenvalue weighted by atomic mass is 10.1. The minimum atomic E-state index is -0.114. The molecule has 1 spiro atoms. The number of rotatable bonds is 0. The van der Waals surface area contributed by atoms with Crippen molar-refractivity contribution in [1.29, 1.82) is 0 Å². The molecular weight excluding hydrogens is 154 g/mol. The fraction of sp³-hybridized carbons (Fsp3) is 0.875. The molecule has 3 aliphatic heterocycles. The molecule has 3 aliphatic rings. The van der Waals surface area contributed by atoms with Gasteiger partial charge in [-0.3, -0.25) is 10.1 Å². The second-order valence-electron chi connectivity index (χ2n) is 4.00. The quantitative estimate of drug-likeness (QED) is 0.433. The van der Waals surface area contributed by atoms with Gasteiger partial charge in [0.05, 0.1) is 0 Å². The molecule has 0 saturated carbocycles. The molecule has 2 N–H and O–H groups in total. The minimum absolute atomic E-state index is 0.114. The van der Waals surface area contributed by atoms with Crippen molar-refractivity contribution in [2.45, 2.75) is 18.0 Å². The molecule has 1 amide bonds. The Kier molecular flexibility index (Phi) is 1.14. The molecule has 2 atom stereocenters. The smallest absolute Gasteiger partial charge is 0.244 e. The molecule has 3 saturated heterocycles. The summed E-state index contributed by atoms with van der Waals surface area (Å²) in [4.78, 5) is 13.8. The van der Waals surface area contributed by atoms with Crippen LogP contribution in [0.4, 0.5) is 0 Å². The van der Waals surface area contributed by atoms with Gasteiger partial charge < -0.3 is 10.2 Å². The van der Waals surface area contributed by atoms with Crippen LogP contribution in [0.15, 0.2) is 0 Å².